The molecule has 1 aromatic heterocycles. The van der Waals surface area contributed by atoms with E-state index in [1.165, 1.54) is 36.6 Å². The largest absolute Gasteiger partial charge is 0.352 e. The molecule has 3 rings (SSSR count). The van der Waals surface area contributed by atoms with Crippen LogP contribution in [0.3, 0.4) is 0 Å². The Kier molecular flexibility index (Phi) is 7.17. The Morgan fingerprint density at radius 2 is 1.90 bits per heavy atom. The van der Waals surface area contributed by atoms with Crippen molar-refractivity contribution < 1.29 is 4.79 Å². The number of hydrogen-bond donors (Lipinski definition) is 1. The maximum Gasteiger partial charge on any atom is 0.230 e. The van der Waals surface area contributed by atoms with Crippen molar-refractivity contribution in [1.82, 2.24) is 20.1 Å². The highest BCUT2D eigenvalue weighted by Gasteiger charge is 2.24. The van der Waals surface area contributed by atoms with Crippen molar-refractivity contribution in [1.29, 1.82) is 0 Å². The Morgan fingerprint density at radius 3 is 2.52 bits per heavy atom. The van der Waals surface area contributed by atoms with Gasteiger partial charge in [0.25, 0.3) is 0 Å². The third kappa shape index (κ3) is 5.50. The van der Waals surface area contributed by atoms with E-state index in [1.54, 1.807) is 6.08 Å². The monoisotopic (exact) mass is 412 g/mol. The maximum absolute atomic E-state index is 12.0. The molecule has 0 radical (unpaired) electrons. The molecule has 0 spiro atoms. The molecule has 29 heavy (non-hydrogen) atoms. The molecule has 1 N–H and O–H groups in total. The lowest BCUT2D eigenvalue weighted by atomic mass is 9.86. The topological polar surface area (TPSA) is 59.8 Å². The van der Waals surface area contributed by atoms with Gasteiger partial charge in [-0.05, 0) is 23.8 Å². The first-order chi connectivity index (χ1) is 13.9. The van der Waals surface area contributed by atoms with Crippen LogP contribution in [0.25, 0.3) is 11.4 Å². The normalized spacial score (nSPS) is 15.3. The number of carbonyl (C=O) groups excluding carboxylic acids is 1. The number of thioether (sulfide) groups is 1. The van der Waals surface area contributed by atoms with Gasteiger partial charge in [-0.1, -0.05) is 82.1 Å². The van der Waals surface area contributed by atoms with Crippen LogP contribution in [0.2, 0.25) is 0 Å². The Labute approximate surface area is 178 Å². The number of hydrogen-bond acceptors (Lipinski definition) is 4. The van der Waals surface area contributed by atoms with E-state index in [0.29, 0.717) is 18.3 Å². The van der Waals surface area contributed by atoms with Gasteiger partial charge >= 0.3 is 0 Å². The Balaban J connectivity index is 1.87. The summed E-state index contributed by atoms with van der Waals surface area (Å²) in [6, 6.07) is 9.06. The fourth-order valence-corrected chi connectivity index (χ4v) is 4.56. The summed E-state index contributed by atoms with van der Waals surface area (Å²) in [7, 11) is 0. The molecule has 1 aromatic carbocycles. The van der Waals surface area contributed by atoms with Crippen LogP contribution < -0.4 is 5.32 Å². The second-order valence-corrected chi connectivity index (χ2v) is 9.62. The molecule has 1 aliphatic rings. The molecule has 1 aliphatic carbocycles. The van der Waals surface area contributed by atoms with Gasteiger partial charge in [0.2, 0.25) is 5.91 Å². The van der Waals surface area contributed by atoms with Crippen LogP contribution in [0.1, 0.15) is 64.5 Å². The number of aromatic nitrogens is 3. The van der Waals surface area contributed by atoms with Gasteiger partial charge in [0, 0.05) is 18.2 Å². The van der Waals surface area contributed by atoms with Gasteiger partial charge in [0.05, 0.1) is 5.75 Å². The van der Waals surface area contributed by atoms with Gasteiger partial charge in [0.1, 0.15) is 0 Å². The summed E-state index contributed by atoms with van der Waals surface area (Å²) in [5.41, 5.74) is 2.51. The van der Waals surface area contributed by atoms with E-state index in [4.69, 9.17) is 0 Å². The van der Waals surface area contributed by atoms with Crippen LogP contribution in [-0.4, -0.2) is 33.0 Å². The third-order valence-electron chi connectivity index (χ3n) is 5.39. The van der Waals surface area contributed by atoms with Crippen LogP contribution >= 0.6 is 11.8 Å². The van der Waals surface area contributed by atoms with Crippen molar-refractivity contribution in [3.63, 3.8) is 0 Å². The summed E-state index contributed by atoms with van der Waals surface area (Å²) in [4.78, 5) is 12.0. The molecule has 0 atom stereocenters. The molecule has 0 saturated heterocycles. The smallest absolute Gasteiger partial charge is 0.230 e. The van der Waals surface area contributed by atoms with Crippen LogP contribution in [-0.2, 0) is 10.2 Å². The molecule has 156 valence electrons. The number of amides is 1. The second-order valence-electron chi connectivity index (χ2n) is 8.68. The minimum absolute atomic E-state index is 0.0100. The lowest BCUT2D eigenvalue weighted by Gasteiger charge is -2.26. The number of carbonyl (C=O) groups is 1. The summed E-state index contributed by atoms with van der Waals surface area (Å²) in [5.74, 6) is 1.23. The number of benzene rings is 1. The second kappa shape index (κ2) is 9.61. The first-order valence-corrected chi connectivity index (χ1v) is 11.4. The summed E-state index contributed by atoms with van der Waals surface area (Å²) in [5, 5.41) is 12.7. The molecular formula is C23H32N4OS. The SMILES string of the molecule is C=CCNC(=O)CSc1nnc(-c2ccc(C(C)(C)C)cc2)n1C1CCCCC1. The molecule has 0 unspecified atom stereocenters. The first kappa shape index (κ1) is 21.6. The summed E-state index contributed by atoms with van der Waals surface area (Å²) in [6.07, 6.45) is 7.72. The van der Waals surface area contributed by atoms with Gasteiger partial charge in [-0.15, -0.1) is 16.8 Å². The predicted molar refractivity (Wildman–Crippen MR) is 120 cm³/mol. The molecule has 0 bridgehead atoms. The van der Waals surface area contributed by atoms with Gasteiger partial charge in [-0.3, -0.25) is 9.36 Å². The van der Waals surface area contributed by atoms with Crippen LogP contribution in [0.4, 0.5) is 0 Å². The molecule has 1 heterocycles. The van der Waals surface area contributed by atoms with Crippen molar-refractivity contribution in [3.05, 3.63) is 42.5 Å². The predicted octanol–water partition coefficient (Wildman–Crippen LogP) is 5.14. The van der Waals surface area contributed by atoms with E-state index in [1.807, 2.05) is 0 Å². The number of nitrogens with zero attached hydrogens (tertiary/aromatic N) is 3. The van der Waals surface area contributed by atoms with Crippen molar-refractivity contribution in [2.45, 2.75) is 69.5 Å². The van der Waals surface area contributed by atoms with E-state index in [9.17, 15) is 4.79 Å². The van der Waals surface area contributed by atoms with E-state index in [0.717, 1.165) is 29.4 Å². The zero-order valence-corrected chi connectivity index (χ0v) is 18.6. The summed E-state index contributed by atoms with van der Waals surface area (Å²) in [6.45, 7) is 10.8. The van der Waals surface area contributed by atoms with Gasteiger partial charge in [0.15, 0.2) is 11.0 Å². The molecule has 2 aromatic rings. The van der Waals surface area contributed by atoms with Crippen molar-refractivity contribution in [2.75, 3.05) is 12.3 Å². The van der Waals surface area contributed by atoms with Gasteiger partial charge in [-0.25, -0.2) is 0 Å². The lowest BCUT2D eigenvalue weighted by molar-refractivity contribution is -0.118. The zero-order valence-electron chi connectivity index (χ0n) is 17.8. The average Bonchev–Trinajstić information content (AvgIpc) is 3.14. The van der Waals surface area contributed by atoms with Crippen molar-refractivity contribution >= 4 is 17.7 Å². The highest BCUT2D eigenvalue weighted by atomic mass is 32.2. The zero-order chi connectivity index (χ0) is 20.9. The van der Waals surface area contributed by atoms with Crippen molar-refractivity contribution in [3.8, 4) is 11.4 Å². The van der Waals surface area contributed by atoms with Gasteiger partial charge in [-0.2, -0.15) is 0 Å². The van der Waals surface area contributed by atoms with E-state index in [2.05, 4.69) is 71.7 Å². The molecule has 6 heteroatoms. The molecule has 0 aliphatic heterocycles. The third-order valence-corrected chi connectivity index (χ3v) is 6.33. The van der Waals surface area contributed by atoms with Gasteiger partial charge < -0.3 is 5.32 Å². The fraction of sp³-hybridized carbons (Fsp3) is 0.522. The summed E-state index contributed by atoms with van der Waals surface area (Å²) < 4.78 is 2.27. The fourth-order valence-electron chi connectivity index (χ4n) is 3.73. The molecule has 1 fully saturated rings. The Morgan fingerprint density at radius 1 is 1.21 bits per heavy atom. The maximum atomic E-state index is 12.0. The summed E-state index contributed by atoms with van der Waals surface area (Å²) >= 11 is 1.47. The number of rotatable bonds is 7. The lowest BCUT2D eigenvalue weighted by Crippen LogP contribution is -2.25. The molecule has 5 nitrogen and oxygen atoms in total. The molecule has 1 saturated carbocycles. The van der Waals surface area contributed by atoms with E-state index in [-0.39, 0.29) is 11.3 Å². The standard InChI is InChI=1S/C23H32N4OS/c1-5-15-24-20(28)16-29-22-26-25-21(27(22)19-9-7-6-8-10-19)17-11-13-18(14-12-17)23(2,3)4/h5,11-14,19H,1,6-10,15-16H2,2-4H3,(H,24,28). The minimum atomic E-state index is -0.0100. The highest BCUT2D eigenvalue weighted by Crippen LogP contribution is 2.36. The highest BCUT2D eigenvalue weighted by molar-refractivity contribution is 7.99. The minimum Gasteiger partial charge on any atom is -0.352 e. The van der Waals surface area contributed by atoms with Crippen LogP contribution in [0.5, 0.6) is 0 Å². The van der Waals surface area contributed by atoms with E-state index < -0.39 is 0 Å². The van der Waals surface area contributed by atoms with E-state index >= 15 is 0 Å². The average molecular weight is 413 g/mol. The van der Waals surface area contributed by atoms with Crippen LogP contribution in [0, 0.1) is 0 Å². The van der Waals surface area contributed by atoms with Crippen molar-refractivity contribution in [2.24, 2.45) is 0 Å². The first-order valence-electron chi connectivity index (χ1n) is 10.5. The van der Waals surface area contributed by atoms with Crippen LogP contribution in [0.15, 0.2) is 42.1 Å². The molecule has 1 amide bonds. The molecular weight excluding hydrogens is 380 g/mol. The Hall–Kier alpha value is -2.08. The Bertz CT molecular complexity index is 830. The number of nitrogens with one attached hydrogen (secondary N) is 1. The quantitative estimate of drug-likeness (QED) is 0.505.